The van der Waals surface area contributed by atoms with Crippen molar-refractivity contribution in [2.75, 3.05) is 18.6 Å². The quantitative estimate of drug-likeness (QED) is 0.812. The maximum Gasteiger partial charge on any atom is 0.263 e. The molecule has 1 amide bonds. The number of thiophene rings is 1. The number of carbonyl (C=O) groups is 1. The number of amides is 1. The first-order valence-corrected chi connectivity index (χ1v) is 9.66. The molecule has 2 rings (SSSR count). The number of nitrogens with zero attached hydrogens (tertiary/aromatic N) is 1. The van der Waals surface area contributed by atoms with E-state index in [-0.39, 0.29) is 18.6 Å². The Labute approximate surface area is 136 Å². The fraction of sp³-hybridized carbons (Fsp3) is 0.429. The predicted octanol–water partition coefficient (Wildman–Crippen LogP) is 3.02. The molecule has 0 saturated carbocycles. The molecule has 0 radical (unpaired) electrons. The number of rotatable bonds is 7. The molecule has 0 bridgehead atoms. The van der Waals surface area contributed by atoms with Gasteiger partial charge in [0.05, 0.1) is 10.6 Å². The summed E-state index contributed by atoms with van der Waals surface area (Å²) in [5, 5.41) is 14.9. The van der Waals surface area contributed by atoms with Crippen LogP contribution in [0, 0.1) is 6.92 Å². The lowest BCUT2D eigenvalue weighted by Gasteiger charge is -2.16. The molecule has 2 aromatic rings. The lowest BCUT2D eigenvalue weighted by Crippen LogP contribution is -2.37. The van der Waals surface area contributed by atoms with Gasteiger partial charge in [0.2, 0.25) is 0 Å². The summed E-state index contributed by atoms with van der Waals surface area (Å²) in [6, 6.07) is 3.98. The summed E-state index contributed by atoms with van der Waals surface area (Å²) < 4.78 is 0. The van der Waals surface area contributed by atoms with Crippen LogP contribution < -0.4 is 5.32 Å². The highest BCUT2D eigenvalue weighted by Gasteiger charge is 2.19. The molecule has 1 unspecified atom stereocenters. The summed E-state index contributed by atoms with van der Waals surface area (Å²) in [7, 11) is 0. The van der Waals surface area contributed by atoms with Gasteiger partial charge in [-0.05, 0) is 31.0 Å². The smallest absolute Gasteiger partial charge is 0.263 e. The second kappa shape index (κ2) is 7.93. The van der Waals surface area contributed by atoms with Crippen molar-refractivity contribution >= 4 is 40.3 Å². The third-order valence-electron chi connectivity index (χ3n) is 2.92. The van der Waals surface area contributed by atoms with Crippen LogP contribution in [0.5, 0.6) is 0 Å². The topological polar surface area (TPSA) is 62.2 Å². The van der Waals surface area contributed by atoms with E-state index in [1.165, 1.54) is 11.3 Å². The van der Waals surface area contributed by atoms with E-state index >= 15 is 0 Å². The number of aliphatic hydroxyl groups is 1. The van der Waals surface area contributed by atoms with Gasteiger partial charge in [-0.1, -0.05) is 6.07 Å². The van der Waals surface area contributed by atoms with Crippen LogP contribution in [-0.2, 0) is 0 Å². The van der Waals surface area contributed by atoms with Crippen LogP contribution in [0.15, 0.2) is 17.5 Å². The molecule has 0 saturated heterocycles. The third-order valence-corrected chi connectivity index (χ3v) is 5.85. The highest BCUT2D eigenvalue weighted by Crippen LogP contribution is 2.31. The van der Waals surface area contributed by atoms with E-state index in [0.29, 0.717) is 11.3 Å². The maximum atomic E-state index is 12.4. The summed E-state index contributed by atoms with van der Waals surface area (Å²) in [5.41, 5.74) is 0.757. The molecule has 0 aromatic carbocycles. The predicted molar refractivity (Wildman–Crippen MR) is 91.5 cm³/mol. The molecule has 4 nitrogen and oxygen atoms in total. The van der Waals surface area contributed by atoms with Gasteiger partial charge in [0, 0.05) is 18.4 Å². The summed E-state index contributed by atoms with van der Waals surface area (Å²) in [4.78, 5) is 18.6. The minimum absolute atomic E-state index is 0.0100. The van der Waals surface area contributed by atoms with E-state index in [2.05, 4.69) is 10.3 Å². The van der Waals surface area contributed by atoms with Gasteiger partial charge in [0.25, 0.3) is 5.91 Å². The van der Waals surface area contributed by atoms with E-state index in [1.807, 2.05) is 30.7 Å². The molecule has 0 aliphatic heterocycles. The highest BCUT2D eigenvalue weighted by atomic mass is 32.2. The molecule has 7 heteroatoms. The zero-order chi connectivity index (χ0) is 15.2. The molecule has 0 aliphatic rings. The van der Waals surface area contributed by atoms with Crippen LogP contribution in [0.1, 0.15) is 21.8 Å². The van der Waals surface area contributed by atoms with Gasteiger partial charge in [0.1, 0.15) is 9.88 Å². The Kier molecular flexibility index (Phi) is 6.22. The van der Waals surface area contributed by atoms with Crippen LogP contribution in [0.25, 0.3) is 9.88 Å². The van der Waals surface area contributed by atoms with Crippen molar-refractivity contribution in [3.05, 3.63) is 28.1 Å². The molecular weight excluding hydrogens is 324 g/mol. The minimum Gasteiger partial charge on any atom is -0.396 e. The van der Waals surface area contributed by atoms with Crippen molar-refractivity contribution in [2.24, 2.45) is 0 Å². The van der Waals surface area contributed by atoms with Gasteiger partial charge >= 0.3 is 0 Å². The second-order valence-corrected chi connectivity index (χ2v) is 7.41. The summed E-state index contributed by atoms with van der Waals surface area (Å²) in [6.07, 6.45) is 2.56. The third kappa shape index (κ3) is 4.29. The zero-order valence-corrected chi connectivity index (χ0v) is 14.4. The molecular formula is C14H18N2O2S3. The van der Waals surface area contributed by atoms with Crippen molar-refractivity contribution in [1.82, 2.24) is 10.3 Å². The number of aromatic nitrogens is 1. The molecule has 2 heterocycles. The van der Waals surface area contributed by atoms with Crippen LogP contribution in [0.3, 0.4) is 0 Å². The molecule has 2 aromatic heterocycles. The summed E-state index contributed by atoms with van der Waals surface area (Å²) >= 11 is 4.70. The average molecular weight is 343 g/mol. The normalized spacial score (nSPS) is 12.3. The SMILES string of the molecule is CSCC(CCO)NC(=O)c1sc(-c2cccs2)nc1C. The number of aryl methyl sites for hydroxylation is 1. The molecule has 21 heavy (non-hydrogen) atoms. The Balaban J connectivity index is 2.12. The number of carbonyl (C=O) groups excluding carboxylic acids is 1. The van der Waals surface area contributed by atoms with Gasteiger partial charge in [-0.15, -0.1) is 22.7 Å². The zero-order valence-electron chi connectivity index (χ0n) is 12.0. The van der Waals surface area contributed by atoms with Gasteiger partial charge in [-0.3, -0.25) is 4.79 Å². The average Bonchev–Trinajstić information content (AvgIpc) is 3.08. The number of aliphatic hydroxyl groups excluding tert-OH is 1. The Morgan fingerprint density at radius 1 is 1.57 bits per heavy atom. The highest BCUT2D eigenvalue weighted by molar-refractivity contribution is 7.98. The Morgan fingerprint density at radius 2 is 2.38 bits per heavy atom. The minimum atomic E-state index is -0.0969. The number of hydrogen-bond donors (Lipinski definition) is 2. The van der Waals surface area contributed by atoms with E-state index < -0.39 is 0 Å². The van der Waals surface area contributed by atoms with Gasteiger partial charge in [-0.2, -0.15) is 11.8 Å². The summed E-state index contributed by atoms with van der Waals surface area (Å²) in [6.45, 7) is 1.94. The Bertz CT molecular complexity index is 575. The summed E-state index contributed by atoms with van der Waals surface area (Å²) in [5.74, 6) is 0.697. The van der Waals surface area contributed by atoms with Crippen LogP contribution in [0.4, 0.5) is 0 Å². The van der Waals surface area contributed by atoms with Crippen LogP contribution in [0.2, 0.25) is 0 Å². The van der Waals surface area contributed by atoms with E-state index in [0.717, 1.165) is 21.3 Å². The molecule has 1 atom stereocenters. The number of hydrogen-bond acceptors (Lipinski definition) is 6. The van der Waals surface area contributed by atoms with Crippen LogP contribution in [-0.4, -0.2) is 40.7 Å². The van der Waals surface area contributed by atoms with Crippen molar-refractivity contribution < 1.29 is 9.90 Å². The Morgan fingerprint density at radius 3 is 3.00 bits per heavy atom. The van der Waals surface area contributed by atoms with Crippen LogP contribution >= 0.6 is 34.4 Å². The standard InChI is InChI=1S/C14H18N2O2S3/c1-9-12(13(18)16-10(5-6-17)8-19-2)21-14(15-9)11-4-3-7-20-11/h3-4,7,10,17H,5-6,8H2,1-2H3,(H,16,18). The maximum absolute atomic E-state index is 12.4. The first kappa shape index (κ1) is 16.5. The van der Waals surface area contributed by atoms with E-state index in [1.54, 1.807) is 23.1 Å². The second-order valence-electron chi connectivity index (χ2n) is 4.55. The molecule has 2 N–H and O–H groups in total. The lowest BCUT2D eigenvalue weighted by atomic mass is 10.2. The number of thioether (sulfide) groups is 1. The molecule has 0 spiro atoms. The van der Waals surface area contributed by atoms with E-state index in [9.17, 15) is 4.79 Å². The molecule has 0 aliphatic carbocycles. The Hall–Kier alpha value is -0.890. The van der Waals surface area contributed by atoms with Crippen molar-refractivity contribution in [1.29, 1.82) is 0 Å². The fourth-order valence-corrected chi connectivity index (χ4v) is 4.34. The van der Waals surface area contributed by atoms with Gasteiger partial charge in [-0.25, -0.2) is 4.98 Å². The first-order chi connectivity index (χ1) is 10.2. The lowest BCUT2D eigenvalue weighted by molar-refractivity contribution is 0.0938. The number of thiazole rings is 1. The fourth-order valence-electron chi connectivity index (χ4n) is 1.92. The monoisotopic (exact) mass is 342 g/mol. The largest absolute Gasteiger partial charge is 0.396 e. The number of nitrogens with one attached hydrogen (secondary N) is 1. The van der Waals surface area contributed by atoms with Gasteiger partial charge in [0.15, 0.2) is 0 Å². The molecule has 0 fully saturated rings. The van der Waals surface area contributed by atoms with Gasteiger partial charge < -0.3 is 10.4 Å². The van der Waals surface area contributed by atoms with E-state index in [4.69, 9.17) is 5.11 Å². The van der Waals surface area contributed by atoms with Crippen molar-refractivity contribution in [3.8, 4) is 9.88 Å². The van der Waals surface area contributed by atoms with Crippen molar-refractivity contribution in [2.45, 2.75) is 19.4 Å². The molecule has 114 valence electrons. The van der Waals surface area contributed by atoms with Crippen molar-refractivity contribution in [3.63, 3.8) is 0 Å². The first-order valence-electron chi connectivity index (χ1n) is 6.57.